The standard InChI is InChI=1S/C8H8N2OS/c1-11-5-6-3-2-4-7-8(6)10-12-9-7/h2-4H,5H2,1H3. The number of fused-ring (bicyclic) bond motifs is 1. The summed E-state index contributed by atoms with van der Waals surface area (Å²) in [7, 11) is 1.68. The quantitative estimate of drug-likeness (QED) is 0.707. The average Bonchev–Trinajstić information content (AvgIpc) is 2.53. The monoisotopic (exact) mass is 180 g/mol. The van der Waals surface area contributed by atoms with Crippen molar-refractivity contribution >= 4 is 22.8 Å². The summed E-state index contributed by atoms with van der Waals surface area (Å²) >= 11 is 1.24. The van der Waals surface area contributed by atoms with Crippen LogP contribution in [0.2, 0.25) is 0 Å². The van der Waals surface area contributed by atoms with E-state index in [0.29, 0.717) is 6.61 Å². The highest BCUT2D eigenvalue weighted by Gasteiger charge is 2.02. The molecule has 0 bridgehead atoms. The number of hydrogen-bond acceptors (Lipinski definition) is 4. The lowest BCUT2D eigenvalue weighted by Crippen LogP contribution is -1.88. The highest BCUT2D eigenvalue weighted by molar-refractivity contribution is 7.00. The summed E-state index contributed by atoms with van der Waals surface area (Å²) < 4.78 is 13.4. The van der Waals surface area contributed by atoms with Crippen LogP contribution < -0.4 is 0 Å². The molecule has 2 rings (SSSR count). The summed E-state index contributed by atoms with van der Waals surface area (Å²) in [4.78, 5) is 0. The van der Waals surface area contributed by atoms with Crippen molar-refractivity contribution in [2.45, 2.75) is 6.61 Å². The third-order valence-corrected chi connectivity index (χ3v) is 2.21. The van der Waals surface area contributed by atoms with Crippen LogP contribution in [0, 0.1) is 0 Å². The molecule has 12 heavy (non-hydrogen) atoms. The SMILES string of the molecule is COCc1cccc2nsnc12. The van der Waals surface area contributed by atoms with E-state index in [1.807, 2.05) is 18.2 Å². The van der Waals surface area contributed by atoms with Gasteiger partial charge in [-0.15, -0.1) is 0 Å². The number of methoxy groups -OCH3 is 1. The molecule has 1 aromatic heterocycles. The first-order valence-electron chi connectivity index (χ1n) is 3.61. The minimum absolute atomic E-state index is 0.600. The Morgan fingerprint density at radius 1 is 1.42 bits per heavy atom. The van der Waals surface area contributed by atoms with E-state index in [0.717, 1.165) is 16.6 Å². The van der Waals surface area contributed by atoms with Gasteiger partial charge in [0.1, 0.15) is 11.0 Å². The lowest BCUT2D eigenvalue weighted by molar-refractivity contribution is 0.186. The molecule has 62 valence electrons. The molecule has 2 aromatic rings. The van der Waals surface area contributed by atoms with Gasteiger partial charge in [-0.25, -0.2) is 0 Å². The second-order valence-electron chi connectivity index (χ2n) is 2.48. The van der Waals surface area contributed by atoms with Gasteiger partial charge in [-0.2, -0.15) is 8.75 Å². The van der Waals surface area contributed by atoms with Crippen LogP contribution in [0.4, 0.5) is 0 Å². The highest BCUT2D eigenvalue weighted by Crippen LogP contribution is 2.16. The molecular formula is C8H8N2OS. The molecule has 0 atom stereocenters. The van der Waals surface area contributed by atoms with Gasteiger partial charge < -0.3 is 4.74 Å². The summed E-state index contributed by atoms with van der Waals surface area (Å²) in [6, 6.07) is 5.93. The number of hydrogen-bond donors (Lipinski definition) is 0. The van der Waals surface area contributed by atoms with Crippen LogP contribution in [0.15, 0.2) is 18.2 Å². The van der Waals surface area contributed by atoms with E-state index in [2.05, 4.69) is 8.75 Å². The van der Waals surface area contributed by atoms with Crippen molar-refractivity contribution in [1.82, 2.24) is 8.75 Å². The fourth-order valence-electron chi connectivity index (χ4n) is 1.13. The lowest BCUT2D eigenvalue weighted by Gasteiger charge is -1.97. The topological polar surface area (TPSA) is 35.0 Å². The second-order valence-corrected chi connectivity index (χ2v) is 3.01. The van der Waals surface area contributed by atoms with Gasteiger partial charge in [0.25, 0.3) is 0 Å². The minimum atomic E-state index is 0.600. The Bertz CT molecular complexity index is 385. The van der Waals surface area contributed by atoms with Crippen molar-refractivity contribution < 1.29 is 4.74 Å². The van der Waals surface area contributed by atoms with Gasteiger partial charge in [0, 0.05) is 12.7 Å². The largest absolute Gasteiger partial charge is 0.380 e. The van der Waals surface area contributed by atoms with E-state index in [1.54, 1.807) is 7.11 Å². The fourth-order valence-corrected chi connectivity index (χ4v) is 1.70. The van der Waals surface area contributed by atoms with Gasteiger partial charge >= 0.3 is 0 Å². The van der Waals surface area contributed by atoms with Gasteiger partial charge in [0.2, 0.25) is 0 Å². The molecule has 0 N–H and O–H groups in total. The first-order chi connectivity index (χ1) is 5.92. The zero-order chi connectivity index (χ0) is 8.39. The van der Waals surface area contributed by atoms with Crippen LogP contribution in [0.1, 0.15) is 5.56 Å². The number of benzene rings is 1. The Balaban J connectivity index is 2.57. The molecule has 0 aliphatic rings. The molecule has 1 heterocycles. The third-order valence-electron chi connectivity index (χ3n) is 1.67. The Morgan fingerprint density at radius 3 is 3.17 bits per heavy atom. The maximum absolute atomic E-state index is 5.04. The Labute approximate surface area is 74.3 Å². The molecule has 0 fully saturated rings. The smallest absolute Gasteiger partial charge is 0.110 e. The van der Waals surface area contributed by atoms with E-state index in [4.69, 9.17) is 4.74 Å². The number of nitrogens with zero attached hydrogens (tertiary/aromatic N) is 2. The summed E-state index contributed by atoms with van der Waals surface area (Å²) in [6.45, 7) is 0.600. The Kier molecular flexibility index (Phi) is 2.01. The van der Waals surface area contributed by atoms with Gasteiger partial charge in [0.15, 0.2) is 0 Å². The van der Waals surface area contributed by atoms with Crippen LogP contribution in [-0.2, 0) is 11.3 Å². The van der Waals surface area contributed by atoms with Gasteiger partial charge in [-0.05, 0) is 6.07 Å². The lowest BCUT2D eigenvalue weighted by atomic mass is 10.2. The maximum atomic E-state index is 5.04. The van der Waals surface area contributed by atoms with Crippen molar-refractivity contribution in [3.63, 3.8) is 0 Å². The number of ether oxygens (including phenoxy) is 1. The summed E-state index contributed by atoms with van der Waals surface area (Å²) in [5.74, 6) is 0. The van der Waals surface area contributed by atoms with Crippen LogP contribution in [0.3, 0.4) is 0 Å². The molecule has 0 amide bonds. The molecule has 4 heteroatoms. The maximum Gasteiger partial charge on any atom is 0.110 e. The van der Waals surface area contributed by atoms with Crippen molar-refractivity contribution in [3.8, 4) is 0 Å². The summed E-state index contributed by atoms with van der Waals surface area (Å²) in [5, 5.41) is 0. The average molecular weight is 180 g/mol. The highest BCUT2D eigenvalue weighted by atomic mass is 32.1. The van der Waals surface area contributed by atoms with Crippen LogP contribution in [0.5, 0.6) is 0 Å². The molecule has 0 saturated heterocycles. The van der Waals surface area contributed by atoms with Gasteiger partial charge in [0.05, 0.1) is 18.3 Å². The van der Waals surface area contributed by atoms with Crippen LogP contribution >= 0.6 is 11.7 Å². The Hall–Kier alpha value is -1.00. The molecule has 1 aromatic carbocycles. The van der Waals surface area contributed by atoms with Crippen LogP contribution in [-0.4, -0.2) is 15.9 Å². The van der Waals surface area contributed by atoms with Crippen molar-refractivity contribution in [2.24, 2.45) is 0 Å². The molecule has 0 aliphatic carbocycles. The zero-order valence-corrected chi connectivity index (χ0v) is 7.47. The molecular weight excluding hydrogens is 172 g/mol. The first-order valence-corrected chi connectivity index (χ1v) is 4.34. The third kappa shape index (κ3) is 1.19. The van der Waals surface area contributed by atoms with E-state index in [-0.39, 0.29) is 0 Å². The molecule has 0 saturated carbocycles. The van der Waals surface area contributed by atoms with Crippen LogP contribution in [0.25, 0.3) is 11.0 Å². The van der Waals surface area contributed by atoms with Crippen molar-refractivity contribution in [1.29, 1.82) is 0 Å². The summed E-state index contributed by atoms with van der Waals surface area (Å²) in [5.41, 5.74) is 3.02. The minimum Gasteiger partial charge on any atom is -0.380 e. The van der Waals surface area contributed by atoms with E-state index < -0.39 is 0 Å². The van der Waals surface area contributed by atoms with Gasteiger partial charge in [-0.1, -0.05) is 12.1 Å². The fraction of sp³-hybridized carbons (Fsp3) is 0.250. The molecule has 3 nitrogen and oxygen atoms in total. The van der Waals surface area contributed by atoms with E-state index in [1.165, 1.54) is 11.7 Å². The first kappa shape index (κ1) is 7.64. The van der Waals surface area contributed by atoms with Gasteiger partial charge in [-0.3, -0.25) is 0 Å². The predicted molar refractivity (Wildman–Crippen MR) is 48.1 cm³/mol. The molecule has 0 radical (unpaired) electrons. The predicted octanol–water partition coefficient (Wildman–Crippen LogP) is 1.84. The number of aromatic nitrogens is 2. The van der Waals surface area contributed by atoms with E-state index >= 15 is 0 Å². The molecule has 0 aliphatic heterocycles. The van der Waals surface area contributed by atoms with Crippen molar-refractivity contribution in [2.75, 3.05) is 7.11 Å². The number of rotatable bonds is 2. The Morgan fingerprint density at radius 2 is 2.33 bits per heavy atom. The summed E-state index contributed by atoms with van der Waals surface area (Å²) in [6.07, 6.45) is 0. The van der Waals surface area contributed by atoms with Crippen molar-refractivity contribution in [3.05, 3.63) is 23.8 Å². The molecule has 0 spiro atoms. The normalized spacial score (nSPS) is 10.8. The second kappa shape index (κ2) is 3.16. The van der Waals surface area contributed by atoms with E-state index in [9.17, 15) is 0 Å². The zero-order valence-electron chi connectivity index (χ0n) is 6.65. The molecule has 0 unspecified atom stereocenters.